The number of amides is 2. The lowest BCUT2D eigenvalue weighted by atomic mass is 9.78. The number of ether oxygens (including phenoxy) is 1. The highest BCUT2D eigenvalue weighted by Gasteiger charge is 2.59. The molecule has 3 heterocycles. The summed E-state index contributed by atoms with van der Waals surface area (Å²) in [6.45, 7) is 6.52. The first-order valence-electron chi connectivity index (χ1n) is 11.6. The lowest BCUT2D eigenvalue weighted by molar-refractivity contribution is -0.143. The Morgan fingerprint density at radius 2 is 2.00 bits per heavy atom. The van der Waals surface area contributed by atoms with Crippen LogP contribution < -0.4 is 11.1 Å². The molecule has 4 rings (SSSR count). The maximum absolute atomic E-state index is 14.0. The van der Waals surface area contributed by atoms with E-state index in [1.807, 2.05) is 0 Å². The molecule has 35 heavy (non-hydrogen) atoms. The average molecular weight is 514 g/mol. The quantitative estimate of drug-likeness (QED) is 0.587. The van der Waals surface area contributed by atoms with Crippen LogP contribution in [0.1, 0.15) is 50.4 Å². The second-order valence-electron chi connectivity index (χ2n) is 10.7. The molecule has 2 fully saturated rings. The van der Waals surface area contributed by atoms with Gasteiger partial charge in [0.25, 0.3) is 0 Å². The number of rotatable bonds is 2. The van der Waals surface area contributed by atoms with Crippen LogP contribution in [0.25, 0.3) is 0 Å². The molecule has 3 atom stereocenters. The first kappa shape index (κ1) is 25.5. The number of likely N-dealkylation sites (tertiary alicyclic amines) is 1. The normalized spacial score (nSPS) is 26.2. The van der Waals surface area contributed by atoms with Crippen molar-refractivity contribution >= 4 is 29.3 Å². The number of alkyl carbamates (subject to hydrolysis) is 1. The molecule has 1 saturated heterocycles. The van der Waals surface area contributed by atoms with Crippen LogP contribution in [0.2, 0.25) is 0 Å². The SMILES string of the molecule is CC(C)(C)OC(=O)N[C@@H]1C[C@H]2CN(C(N)=S)C[C@@]2(C(=O)N2CCc3ncc(C(F)(F)F)cc3C2)C1. The Balaban J connectivity index is 1.55. The van der Waals surface area contributed by atoms with Gasteiger partial charge in [0.1, 0.15) is 5.60 Å². The van der Waals surface area contributed by atoms with Crippen molar-refractivity contribution in [1.82, 2.24) is 20.1 Å². The second-order valence-corrected chi connectivity index (χ2v) is 11.1. The molecule has 0 aromatic carbocycles. The molecule has 192 valence electrons. The van der Waals surface area contributed by atoms with E-state index in [-0.39, 0.29) is 29.5 Å². The van der Waals surface area contributed by atoms with Gasteiger partial charge in [-0.25, -0.2) is 4.79 Å². The number of alkyl halides is 3. The summed E-state index contributed by atoms with van der Waals surface area (Å²) in [6, 6.07) is 0.803. The lowest BCUT2D eigenvalue weighted by Crippen LogP contribution is -2.50. The van der Waals surface area contributed by atoms with E-state index in [1.54, 1.807) is 30.6 Å². The van der Waals surface area contributed by atoms with Crippen molar-refractivity contribution in [2.75, 3.05) is 19.6 Å². The van der Waals surface area contributed by atoms with Crippen molar-refractivity contribution in [1.29, 1.82) is 0 Å². The number of nitrogens with one attached hydrogen (secondary N) is 1. The fraction of sp³-hybridized carbons (Fsp3) is 0.652. The minimum Gasteiger partial charge on any atom is -0.444 e. The third-order valence-corrected chi connectivity index (χ3v) is 7.25. The zero-order chi connectivity index (χ0) is 25.8. The van der Waals surface area contributed by atoms with Crippen LogP contribution in [-0.4, -0.2) is 63.2 Å². The van der Waals surface area contributed by atoms with Crippen LogP contribution >= 0.6 is 12.2 Å². The maximum atomic E-state index is 14.0. The summed E-state index contributed by atoms with van der Waals surface area (Å²) in [5, 5.41) is 3.08. The van der Waals surface area contributed by atoms with Gasteiger partial charge in [-0.05, 0) is 63.4 Å². The first-order valence-corrected chi connectivity index (χ1v) is 12.0. The van der Waals surface area contributed by atoms with Crippen LogP contribution in [-0.2, 0) is 28.7 Å². The molecule has 0 radical (unpaired) electrons. The van der Waals surface area contributed by atoms with Gasteiger partial charge in [-0.1, -0.05) is 0 Å². The standard InChI is InChI=1S/C23H30F3N5O3S/c1-21(2,3)34-20(33)29-16-7-15-11-31(19(27)35)12-22(15,8-16)18(32)30-5-4-17-13(10-30)6-14(9-28-17)23(24,25)26/h6,9,15-16H,4-5,7-8,10-12H2,1-3H3,(H2,27,35)(H,29,33)/t15-,16+,22-/m0/s1. The first-order chi connectivity index (χ1) is 16.2. The Bertz CT molecular complexity index is 1040. The van der Waals surface area contributed by atoms with Crippen LogP contribution in [0.5, 0.6) is 0 Å². The zero-order valence-corrected chi connectivity index (χ0v) is 20.8. The number of thiocarbonyl (C=S) groups is 1. The monoisotopic (exact) mass is 513 g/mol. The highest BCUT2D eigenvalue weighted by atomic mass is 32.1. The summed E-state index contributed by atoms with van der Waals surface area (Å²) in [7, 11) is 0. The molecule has 1 aliphatic carbocycles. The fourth-order valence-corrected chi connectivity index (χ4v) is 5.66. The Labute approximate surface area is 207 Å². The molecule has 1 saturated carbocycles. The van der Waals surface area contributed by atoms with E-state index in [2.05, 4.69) is 10.3 Å². The smallest absolute Gasteiger partial charge is 0.417 e. The maximum Gasteiger partial charge on any atom is 0.417 e. The molecule has 3 N–H and O–H groups in total. The van der Waals surface area contributed by atoms with Gasteiger partial charge in [0.2, 0.25) is 5.91 Å². The molecular formula is C23H30F3N5O3S. The number of halogens is 3. The van der Waals surface area contributed by atoms with Gasteiger partial charge >= 0.3 is 12.3 Å². The van der Waals surface area contributed by atoms with Gasteiger partial charge in [-0.15, -0.1) is 0 Å². The largest absolute Gasteiger partial charge is 0.444 e. The van der Waals surface area contributed by atoms with Crippen molar-refractivity contribution in [3.63, 3.8) is 0 Å². The van der Waals surface area contributed by atoms with E-state index >= 15 is 0 Å². The summed E-state index contributed by atoms with van der Waals surface area (Å²) in [6.07, 6.45) is -2.92. The summed E-state index contributed by atoms with van der Waals surface area (Å²) >= 11 is 5.16. The van der Waals surface area contributed by atoms with Crippen molar-refractivity contribution in [2.24, 2.45) is 17.1 Å². The number of nitrogens with zero attached hydrogens (tertiary/aromatic N) is 3. The third-order valence-electron chi connectivity index (χ3n) is 6.99. The molecule has 0 unspecified atom stereocenters. The number of pyridine rings is 1. The van der Waals surface area contributed by atoms with Gasteiger partial charge in [-0.3, -0.25) is 9.78 Å². The number of nitrogens with two attached hydrogens (primary N) is 1. The molecule has 1 aromatic rings. The van der Waals surface area contributed by atoms with Gasteiger partial charge < -0.3 is 25.6 Å². The molecule has 1 aromatic heterocycles. The predicted octanol–water partition coefficient (Wildman–Crippen LogP) is 2.83. The topological polar surface area (TPSA) is 101 Å². The van der Waals surface area contributed by atoms with Crippen LogP contribution in [0.3, 0.4) is 0 Å². The van der Waals surface area contributed by atoms with Crippen LogP contribution in [0.15, 0.2) is 12.3 Å². The number of hydrogen-bond acceptors (Lipinski definition) is 5. The van der Waals surface area contributed by atoms with Crippen molar-refractivity contribution in [3.05, 3.63) is 29.1 Å². The van der Waals surface area contributed by atoms with E-state index in [9.17, 15) is 22.8 Å². The number of fused-ring (bicyclic) bond motifs is 2. The Kier molecular flexibility index (Phi) is 6.40. The third kappa shape index (κ3) is 5.17. The van der Waals surface area contributed by atoms with E-state index < -0.39 is 28.8 Å². The Morgan fingerprint density at radius 3 is 2.63 bits per heavy atom. The summed E-state index contributed by atoms with van der Waals surface area (Å²) in [5.74, 6) is -0.268. The van der Waals surface area contributed by atoms with Gasteiger partial charge in [0.05, 0.1) is 11.0 Å². The van der Waals surface area contributed by atoms with Crippen molar-refractivity contribution < 1.29 is 27.5 Å². The number of carbonyl (C=O) groups is 2. The summed E-state index contributed by atoms with van der Waals surface area (Å²) in [4.78, 5) is 33.7. The van der Waals surface area contributed by atoms with Gasteiger partial charge in [-0.2, -0.15) is 13.2 Å². The van der Waals surface area contributed by atoms with Gasteiger partial charge in [0.15, 0.2) is 5.11 Å². The molecular weight excluding hydrogens is 483 g/mol. The number of hydrogen-bond donors (Lipinski definition) is 2. The Morgan fingerprint density at radius 1 is 1.29 bits per heavy atom. The summed E-state index contributed by atoms with van der Waals surface area (Å²) in [5.41, 5.74) is 4.51. The van der Waals surface area contributed by atoms with E-state index in [4.69, 9.17) is 22.7 Å². The summed E-state index contributed by atoms with van der Waals surface area (Å²) < 4.78 is 45.0. The van der Waals surface area contributed by atoms with E-state index in [0.717, 1.165) is 12.3 Å². The van der Waals surface area contributed by atoms with E-state index in [1.165, 1.54) is 0 Å². The Hall–Kier alpha value is -2.63. The zero-order valence-electron chi connectivity index (χ0n) is 19.9. The molecule has 3 aliphatic rings. The van der Waals surface area contributed by atoms with Crippen LogP contribution in [0.4, 0.5) is 18.0 Å². The highest BCUT2D eigenvalue weighted by Crippen LogP contribution is 2.50. The molecule has 8 nitrogen and oxygen atoms in total. The van der Waals surface area contributed by atoms with E-state index in [0.29, 0.717) is 50.2 Å². The average Bonchev–Trinajstić information content (AvgIpc) is 3.25. The molecule has 2 aliphatic heterocycles. The fourth-order valence-electron chi connectivity index (χ4n) is 5.52. The molecule has 2 amide bonds. The van der Waals surface area contributed by atoms with Crippen molar-refractivity contribution in [3.8, 4) is 0 Å². The van der Waals surface area contributed by atoms with Crippen molar-refractivity contribution in [2.45, 2.75) is 64.4 Å². The second kappa shape index (κ2) is 8.79. The number of carbonyl (C=O) groups excluding carboxylic acids is 2. The minimum absolute atomic E-state index is 0.0524. The lowest BCUT2D eigenvalue weighted by Gasteiger charge is -2.37. The predicted molar refractivity (Wildman–Crippen MR) is 125 cm³/mol. The molecule has 0 spiro atoms. The molecule has 12 heteroatoms. The highest BCUT2D eigenvalue weighted by molar-refractivity contribution is 7.80. The van der Waals surface area contributed by atoms with Crippen LogP contribution in [0, 0.1) is 11.3 Å². The molecule has 0 bridgehead atoms. The minimum atomic E-state index is -4.51. The number of aromatic nitrogens is 1. The van der Waals surface area contributed by atoms with Gasteiger partial charge in [0, 0.05) is 50.5 Å².